The second-order valence-electron chi connectivity index (χ2n) is 7.43. The summed E-state index contributed by atoms with van der Waals surface area (Å²) in [6, 6.07) is 13.2. The number of hydrogen-bond donors (Lipinski definition) is 1. The quantitative estimate of drug-likeness (QED) is 0.472. The van der Waals surface area contributed by atoms with E-state index in [1.54, 1.807) is 38.9 Å². The van der Waals surface area contributed by atoms with Crippen molar-refractivity contribution in [3.63, 3.8) is 0 Å². The zero-order valence-electron chi connectivity index (χ0n) is 18.4. The zero-order chi connectivity index (χ0) is 22.5. The lowest BCUT2D eigenvalue weighted by molar-refractivity contribution is 0.102. The van der Waals surface area contributed by atoms with Gasteiger partial charge in [-0.1, -0.05) is 18.2 Å². The fourth-order valence-corrected chi connectivity index (χ4v) is 5.13. The molecule has 0 saturated heterocycles. The molecule has 0 saturated carbocycles. The predicted octanol–water partition coefficient (Wildman–Crippen LogP) is 5.66. The summed E-state index contributed by atoms with van der Waals surface area (Å²) in [5.41, 5.74) is 3.37. The molecule has 0 bridgehead atoms. The largest absolute Gasteiger partial charge is 0.493 e. The molecule has 0 radical (unpaired) electrons. The number of thiophene rings is 1. The molecule has 0 unspecified atom stereocenters. The molecule has 4 rings (SSSR count). The SMILES string of the molecule is COc1cc(/C=N/c2sc3c(c2C(=O)Nc2ccccc2)CCCC3)cc(OC)c1OC. The van der Waals surface area contributed by atoms with Crippen LogP contribution in [0.3, 0.4) is 0 Å². The van der Waals surface area contributed by atoms with Crippen LogP contribution in [0.1, 0.15) is 39.2 Å². The lowest BCUT2D eigenvalue weighted by Crippen LogP contribution is -2.14. The van der Waals surface area contributed by atoms with Crippen LogP contribution < -0.4 is 19.5 Å². The van der Waals surface area contributed by atoms with Crippen LogP contribution in [-0.2, 0) is 12.8 Å². The van der Waals surface area contributed by atoms with Crippen molar-refractivity contribution in [1.82, 2.24) is 0 Å². The molecule has 166 valence electrons. The Labute approximate surface area is 191 Å². The highest BCUT2D eigenvalue weighted by molar-refractivity contribution is 7.16. The molecule has 0 aliphatic heterocycles. The van der Waals surface area contributed by atoms with Crippen LogP contribution in [0.15, 0.2) is 47.5 Å². The van der Waals surface area contributed by atoms with Crippen molar-refractivity contribution >= 4 is 34.1 Å². The lowest BCUT2D eigenvalue weighted by Gasteiger charge is -2.13. The average Bonchev–Trinajstić information content (AvgIpc) is 3.21. The molecule has 7 heteroatoms. The Morgan fingerprint density at radius 2 is 1.69 bits per heavy atom. The van der Waals surface area contributed by atoms with Gasteiger partial charge in [-0.2, -0.15) is 0 Å². The second-order valence-corrected chi connectivity index (χ2v) is 8.51. The van der Waals surface area contributed by atoms with E-state index in [0.717, 1.165) is 47.5 Å². The topological polar surface area (TPSA) is 69.2 Å². The van der Waals surface area contributed by atoms with Gasteiger partial charge >= 0.3 is 0 Å². The smallest absolute Gasteiger partial charge is 0.259 e. The number of carbonyl (C=O) groups is 1. The Kier molecular flexibility index (Phi) is 6.75. The summed E-state index contributed by atoms with van der Waals surface area (Å²) < 4.78 is 16.3. The van der Waals surface area contributed by atoms with E-state index in [4.69, 9.17) is 19.2 Å². The highest BCUT2D eigenvalue weighted by atomic mass is 32.1. The third kappa shape index (κ3) is 4.48. The van der Waals surface area contributed by atoms with Crippen LogP contribution >= 0.6 is 11.3 Å². The summed E-state index contributed by atoms with van der Waals surface area (Å²) >= 11 is 1.60. The Morgan fingerprint density at radius 1 is 1.00 bits per heavy atom. The summed E-state index contributed by atoms with van der Waals surface area (Å²) in [7, 11) is 4.73. The van der Waals surface area contributed by atoms with Crippen molar-refractivity contribution < 1.29 is 19.0 Å². The number of anilines is 1. The first-order valence-electron chi connectivity index (χ1n) is 10.5. The van der Waals surface area contributed by atoms with Crippen molar-refractivity contribution in [3.05, 3.63) is 64.0 Å². The van der Waals surface area contributed by atoms with E-state index in [1.165, 1.54) is 4.88 Å². The number of nitrogens with one attached hydrogen (secondary N) is 1. The van der Waals surface area contributed by atoms with E-state index >= 15 is 0 Å². The van der Waals surface area contributed by atoms with Crippen LogP contribution in [-0.4, -0.2) is 33.5 Å². The molecule has 1 N–H and O–H groups in total. The van der Waals surface area contributed by atoms with Gasteiger partial charge < -0.3 is 19.5 Å². The number of amides is 1. The van der Waals surface area contributed by atoms with Crippen LogP contribution in [0.25, 0.3) is 0 Å². The first kappa shape index (κ1) is 21.9. The summed E-state index contributed by atoms with van der Waals surface area (Å²) in [6.07, 6.45) is 5.87. The van der Waals surface area contributed by atoms with Crippen molar-refractivity contribution in [3.8, 4) is 17.2 Å². The van der Waals surface area contributed by atoms with Gasteiger partial charge in [0, 0.05) is 22.3 Å². The summed E-state index contributed by atoms with van der Waals surface area (Å²) in [5.74, 6) is 1.52. The minimum absolute atomic E-state index is 0.118. The van der Waals surface area contributed by atoms with Crippen molar-refractivity contribution in [1.29, 1.82) is 0 Å². The zero-order valence-corrected chi connectivity index (χ0v) is 19.3. The Balaban J connectivity index is 1.70. The number of aryl methyl sites for hydroxylation is 1. The predicted molar refractivity (Wildman–Crippen MR) is 129 cm³/mol. The van der Waals surface area contributed by atoms with Gasteiger partial charge in [-0.3, -0.25) is 4.79 Å². The lowest BCUT2D eigenvalue weighted by atomic mass is 9.95. The summed E-state index contributed by atoms with van der Waals surface area (Å²) in [4.78, 5) is 19.2. The van der Waals surface area contributed by atoms with Gasteiger partial charge in [0.1, 0.15) is 5.00 Å². The molecule has 0 spiro atoms. The average molecular weight is 451 g/mol. The maximum atomic E-state index is 13.2. The molecule has 2 aromatic carbocycles. The molecule has 1 aliphatic rings. The van der Waals surface area contributed by atoms with Crippen LogP contribution in [0.2, 0.25) is 0 Å². The fourth-order valence-electron chi connectivity index (χ4n) is 3.90. The van der Waals surface area contributed by atoms with Gasteiger partial charge in [0.15, 0.2) is 11.5 Å². The van der Waals surface area contributed by atoms with Gasteiger partial charge in [0.05, 0.1) is 26.9 Å². The Hall–Kier alpha value is -3.32. The Morgan fingerprint density at radius 3 is 2.34 bits per heavy atom. The van der Waals surface area contributed by atoms with Crippen LogP contribution in [0.4, 0.5) is 10.7 Å². The molecular formula is C25H26N2O4S. The maximum absolute atomic E-state index is 13.2. The van der Waals surface area contributed by atoms with E-state index in [9.17, 15) is 4.79 Å². The molecule has 0 atom stereocenters. The number of carbonyl (C=O) groups excluding carboxylic acids is 1. The third-order valence-electron chi connectivity index (χ3n) is 5.43. The fraction of sp³-hybridized carbons (Fsp3) is 0.280. The van der Waals surface area contributed by atoms with E-state index in [0.29, 0.717) is 22.8 Å². The molecule has 1 heterocycles. The minimum Gasteiger partial charge on any atom is -0.493 e. The van der Waals surface area contributed by atoms with E-state index in [2.05, 4.69) is 5.32 Å². The highest BCUT2D eigenvalue weighted by Gasteiger charge is 2.25. The molecule has 32 heavy (non-hydrogen) atoms. The standard InChI is InChI=1S/C25H26N2O4S/c1-29-19-13-16(14-20(30-2)23(19)31-3)15-26-25-22(18-11-7-8-12-21(18)32-25)24(28)27-17-9-5-4-6-10-17/h4-6,9-10,13-15H,7-8,11-12H2,1-3H3,(H,27,28)/b26-15+. The maximum Gasteiger partial charge on any atom is 0.259 e. The number of ether oxygens (including phenoxy) is 3. The van der Waals surface area contributed by atoms with E-state index < -0.39 is 0 Å². The molecule has 3 aromatic rings. The molecule has 6 nitrogen and oxygen atoms in total. The Bertz CT molecular complexity index is 1110. The third-order valence-corrected chi connectivity index (χ3v) is 6.63. The van der Waals surface area contributed by atoms with E-state index in [1.807, 2.05) is 42.5 Å². The molecule has 0 fully saturated rings. The van der Waals surface area contributed by atoms with Gasteiger partial charge in [0.2, 0.25) is 5.75 Å². The van der Waals surface area contributed by atoms with Crippen molar-refractivity contribution in [2.24, 2.45) is 4.99 Å². The van der Waals surface area contributed by atoms with E-state index in [-0.39, 0.29) is 5.91 Å². The second kappa shape index (κ2) is 9.87. The first-order chi connectivity index (χ1) is 15.6. The molecule has 1 aliphatic carbocycles. The molecular weight excluding hydrogens is 424 g/mol. The number of para-hydroxylation sites is 1. The normalized spacial score (nSPS) is 13.0. The molecule has 1 aromatic heterocycles. The number of aliphatic imine (C=N–C) groups is 1. The van der Waals surface area contributed by atoms with Gasteiger partial charge in [-0.15, -0.1) is 11.3 Å². The summed E-state index contributed by atoms with van der Waals surface area (Å²) in [6.45, 7) is 0. The van der Waals surface area contributed by atoms with Gasteiger partial charge in [0.25, 0.3) is 5.91 Å². The highest BCUT2D eigenvalue weighted by Crippen LogP contribution is 2.41. The van der Waals surface area contributed by atoms with Crippen LogP contribution in [0, 0.1) is 0 Å². The first-order valence-corrected chi connectivity index (χ1v) is 11.3. The minimum atomic E-state index is -0.118. The number of rotatable bonds is 7. The van der Waals surface area contributed by atoms with Crippen molar-refractivity contribution in [2.75, 3.05) is 26.6 Å². The number of benzene rings is 2. The summed E-state index contributed by atoms with van der Waals surface area (Å²) in [5, 5.41) is 3.74. The number of nitrogens with zero attached hydrogens (tertiary/aromatic N) is 1. The van der Waals surface area contributed by atoms with Crippen molar-refractivity contribution in [2.45, 2.75) is 25.7 Å². The number of fused-ring (bicyclic) bond motifs is 1. The monoisotopic (exact) mass is 450 g/mol. The number of methoxy groups -OCH3 is 3. The van der Waals surface area contributed by atoms with Gasteiger partial charge in [-0.05, 0) is 55.5 Å². The number of hydrogen-bond acceptors (Lipinski definition) is 6. The molecule has 1 amide bonds. The van der Waals surface area contributed by atoms with Gasteiger partial charge in [-0.25, -0.2) is 4.99 Å². The van der Waals surface area contributed by atoms with Crippen LogP contribution in [0.5, 0.6) is 17.2 Å².